The van der Waals surface area contributed by atoms with Gasteiger partial charge in [0.1, 0.15) is 17.5 Å². The molecule has 0 unspecified atom stereocenters. The Morgan fingerprint density at radius 3 is 2.40 bits per heavy atom. The van der Waals surface area contributed by atoms with Gasteiger partial charge in [-0.1, -0.05) is 54.2 Å². The Kier molecular flexibility index (Phi) is 10.0. The van der Waals surface area contributed by atoms with Gasteiger partial charge in [0.15, 0.2) is 6.61 Å². The number of nitrogens with one attached hydrogen (secondary N) is 1. The third kappa shape index (κ3) is 7.47. The Labute approximate surface area is 217 Å². The van der Waals surface area contributed by atoms with E-state index in [2.05, 4.69) is 21.2 Å². The molecule has 35 heavy (non-hydrogen) atoms. The summed E-state index contributed by atoms with van der Waals surface area (Å²) in [5, 5.41) is 3.20. The second-order valence-electron chi connectivity index (χ2n) is 9.30. The van der Waals surface area contributed by atoms with Crippen LogP contribution in [0.3, 0.4) is 0 Å². The van der Waals surface area contributed by atoms with Gasteiger partial charge in [-0.15, -0.1) is 0 Å². The molecule has 0 aromatic heterocycles. The minimum atomic E-state index is -0.576. The number of hydrogen-bond acceptors (Lipinski definition) is 4. The molecule has 7 heteroatoms. The molecule has 1 saturated carbocycles. The Morgan fingerprint density at radius 2 is 1.77 bits per heavy atom. The highest BCUT2D eigenvalue weighted by Crippen LogP contribution is 2.27. The quantitative estimate of drug-likeness (QED) is 0.416. The molecule has 1 aliphatic carbocycles. The molecule has 2 amide bonds. The molecule has 190 valence electrons. The Bertz CT molecular complexity index is 997. The van der Waals surface area contributed by atoms with Crippen LogP contribution in [-0.2, 0) is 16.1 Å². The van der Waals surface area contributed by atoms with Crippen molar-refractivity contribution in [2.45, 2.75) is 77.9 Å². The van der Waals surface area contributed by atoms with Gasteiger partial charge < -0.3 is 19.7 Å². The first kappa shape index (κ1) is 27.1. The van der Waals surface area contributed by atoms with Gasteiger partial charge in [0, 0.05) is 17.1 Å². The number of amides is 2. The molecule has 1 aliphatic rings. The summed E-state index contributed by atoms with van der Waals surface area (Å²) in [6, 6.07) is 11.0. The van der Waals surface area contributed by atoms with E-state index in [1.807, 2.05) is 57.2 Å². The molecule has 1 fully saturated rings. The predicted octanol–water partition coefficient (Wildman–Crippen LogP) is 5.71. The van der Waals surface area contributed by atoms with E-state index in [1.54, 1.807) is 12.0 Å². The average molecular weight is 546 g/mol. The van der Waals surface area contributed by atoms with E-state index in [0.29, 0.717) is 24.5 Å². The van der Waals surface area contributed by atoms with Crippen molar-refractivity contribution in [2.24, 2.45) is 0 Å². The summed E-state index contributed by atoms with van der Waals surface area (Å²) in [5.74, 6) is 1.03. The van der Waals surface area contributed by atoms with E-state index in [9.17, 15) is 9.59 Å². The highest BCUT2D eigenvalue weighted by Gasteiger charge is 2.30. The number of carbonyl (C=O) groups is 2. The van der Waals surface area contributed by atoms with Crippen molar-refractivity contribution in [1.29, 1.82) is 0 Å². The van der Waals surface area contributed by atoms with E-state index in [4.69, 9.17) is 9.47 Å². The van der Waals surface area contributed by atoms with Crippen molar-refractivity contribution >= 4 is 27.7 Å². The lowest BCUT2D eigenvalue weighted by Crippen LogP contribution is -2.52. The largest absolute Gasteiger partial charge is 0.497 e. The zero-order valence-electron chi connectivity index (χ0n) is 21.2. The van der Waals surface area contributed by atoms with Crippen LogP contribution in [-0.4, -0.2) is 42.5 Å². The lowest BCUT2D eigenvalue weighted by atomic mass is 9.95. The molecule has 2 aromatic carbocycles. The topological polar surface area (TPSA) is 67.9 Å². The number of hydrogen-bond donors (Lipinski definition) is 1. The number of rotatable bonds is 10. The number of aryl methyl sites for hydroxylation is 2. The summed E-state index contributed by atoms with van der Waals surface area (Å²) in [6.45, 7) is 6.08. The summed E-state index contributed by atoms with van der Waals surface area (Å²) in [6.07, 6.45) is 6.00. The molecule has 0 bridgehead atoms. The molecule has 6 nitrogen and oxygen atoms in total. The maximum absolute atomic E-state index is 13.5. The molecule has 0 aliphatic heterocycles. The van der Waals surface area contributed by atoms with Crippen molar-refractivity contribution < 1.29 is 19.1 Å². The van der Waals surface area contributed by atoms with Gasteiger partial charge in [-0.3, -0.25) is 9.59 Å². The third-order valence-corrected chi connectivity index (χ3v) is 7.85. The van der Waals surface area contributed by atoms with Gasteiger partial charge in [0.2, 0.25) is 5.91 Å². The number of carbonyl (C=O) groups excluding carboxylic acids is 2. The lowest BCUT2D eigenvalue weighted by Gasteiger charge is -2.32. The number of nitrogens with zero attached hydrogens (tertiary/aromatic N) is 1. The summed E-state index contributed by atoms with van der Waals surface area (Å²) in [5.41, 5.74) is 2.98. The van der Waals surface area contributed by atoms with Crippen LogP contribution in [0.2, 0.25) is 0 Å². The van der Waals surface area contributed by atoms with Gasteiger partial charge in [0.05, 0.1) is 7.11 Å². The summed E-state index contributed by atoms with van der Waals surface area (Å²) >= 11 is 3.56. The number of halogens is 1. The molecule has 0 radical (unpaired) electrons. The fourth-order valence-corrected chi connectivity index (χ4v) is 4.88. The number of methoxy groups -OCH3 is 1. The molecule has 0 spiro atoms. The van der Waals surface area contributed by atoms with Crippen molar-refractivity contribution in [1.82, 2.24) is 10.2 Å². The van der Waals surface area contributed by atoms with Crippen LogP contribution in [0, 0.1) is 13.8 Å². The normalized spacial score (nSPS) is 14.8. The zero-order valence-corrected chi connectivity index (χ0v) is 22.8. The van der Waals surface area contributed by atoms with Gasteiger partial charge in [0.25, 0.3) is 5.91 Å². The number of ether oxygens (including phenoxy) is 2. The van der Waals surface area contributed by atoms with Gasteiger partial charge in [-0.2, -0.15) is 0 Å². The highest BCUT2D eigenvalue weighted by atomic mass is 79.9. The first-order valence-electron chi connectivity index (χ1n) is 12.4. The van der Waals surface area contributed by atoms with Crippen LogP contribution >= 0.6 is 15.9 Å². The van der Waals surface area contributed by atoms with Crippen molar-refractivity contribution in [3.05, 3.63) is 57.6 Å². The maximum atomic E-state index is 13.5. The molecular formula is C28H37BrN2O4. The monoisotopic (exact) mass is 544 g/mol. The van der Waals surface area contributed by atoms with Crippen molar-refractivity contribution in [3.8, 4) is 11.5 Å². The summed E-state index contributed by atoms with van der Waals surface area (Å²) < 4.78 is 12.3. The molecule has 1 N–H and O–H groups in total. The smallest absolute Gasteiger partial charge is 0.261 e. The van der Waals surface area contributed by atoms with E-state index in [-0.39, 0.29) is 24.5 Å². The van der Waals surface area contributed by atoms with Crippen molar-refractivity contribution in [2.75, 3.05) is 13.7 Å². The van der Waals surface area contributed by atoms with Crippen LogP contribution < -0.4 is 14.8 Å². The molecular weight excluding hydrogens is 508 g/mol. The second kappa shape index (κ2) is 13.0. The van der Waals surface area contributed by atoms with Gasteiger partial charge in [-0.25, -0.2) is 0 Å². The first-order chi connectivity index (χ1) is 16.8. The standard InChI is InChI=1S/C28H37BrN2O4/c1-5-25(28(33)30-22-11-7-6-8-12-22)31(17-21-10-9-13-23(16-21)34-4)26(32)18-35-24-14-19(2)27(29)20(3)15-24/h9-10,13-16,22,25H,5-8,11-12,17-18H2,1-4H3,(H,30,33)/t25-/m0/s1. The molecule has 3 rings (SSSR count). The van der Waals surface area contributed by atoms with E-state index < -0.39 is 6.04 Å². The lowest BCUT2D eigenvalue weighted by molar-refractivity contribution is -0.143. The van der Waals surface area contributed by atoms with Crippen LogP contribution in [0.25, 0.3) is 0 Å². The van der Waals surface area contributed by atoms with E-state index in [1.165, 1.54) is 6.42 Å². The molecule has 2 aromatic rings. The SMILES string of the molecule is CC[C@@H](C(=O)NC1CCCCC1)N(Cc1cccc(OC)c1)C(=O)COc1cc(C)c(Br)c(C)c1. The minimum absolute atomic E-state index is 0.0917. The first-order valence-corrected chi connectivity index (χ1v) is 13.2. The number of benzene rings is 2. The predicted molar refractivity (Wildman–Crippen MR) is 142 cm³/mol. The minimum Gasteiger partial charge on any atom is -0.497 e. The second-order valence-corrected chi connectivity index (χ2v) is 10.1. The summed E-state index contributed by atoms with van der Waals surface area (Å²) in [7, 11) is 1.62. The Hall–Kier alpha value is -2.54. The highest BCUT2D eigenvalue weighted by molar-refractivity contribution is 9.10. The van der Waals surface area contributed by atoms with Crippen LogP contribution in [0.4, 0.5) is 0 Å². The van der Waals surface area contributed by atoms with E-state index in [0.717, 1.165) is 46.8 Å². The Balaban J connectivity index is 1.79. The van der Waals surface area contributed by atoms with Gasteiger partial charge >= 0.3 is 0 Å². The third-order valence-electron chi connectivity index (χ3n) is 6.60. The molecule has 0 saturated heterocycles. The molecule has 0 heterocycles. The van der Waals surface area contributed by atoms with Crippen LogP contribution in [0.15, 0.2) is 40.9 Å². The Morgan fingerprint density at radius 1 is 1.09 bits per heavy atom. The zero-order chi connectivity index (χ0) is 25.4. The summed E-state index contributed by atoms with van der Waals surface area (Å²) in [4.78, 5) is 28.5. The molecule has 1 atom stereocenters. The average Bonchev–Trinajstić information content (AvgIpc) is 2.86. The maximum Gasteiger partial charge on any atom is 0.261 e. The fraction of sp³-hybridized carbons (Fsp3) is 0.500. The van der Waals surface area contributed by atoms with Crippen LogP contribution in [0.5, 0.6) is 11.5 Å². The van der Waals surface area contributed by atoms with Crippen LogP contribution in [0.1, 0.15) is 62.1 Å². The van der Waals surface area contributed by atoms with Gasteiger partial charge in [-0.05, 0) is 74.1 Å². The fourth-order valence-electron chi connectivity index (χ4n) is 4.65. The van der Waals surface area contributed by atoms with E-state index >= 15 is 0 Å². The van der Waals surface area contributed by atoms with Crippen molar-refractivity contribution in [3.63, 3.8) is 0 Å².